The molecule has 1 fully saturated rings. The highest BCUT2D eigenvalue weighted by Crippen LogP contribution is 2.36. The van der Waals surface area contributed by atoms with Gasteiger partial charge in [0.25, 0.3) is 0 Å². The summed E-state index contributed by atoms with van der Waals surface area (Å²) < 4.78 is 39.6. The van der Waals surface area contributed by atoms with Crippen LogP contribution in [0.1, 0.15) is 18.4 Å². The number of hydrogen-bond donors (Lipinski definition) is 2. The molecule has 1 saturated heterocycles. The number of alkyl halides is 3. The Labute approximate surface area is 132 Å². The van der Waals surface area contributed by atoms with Gasteiger partial charge in [-0.1, -0.05) is 6.07 Å². The van der Waals surface area contributed by atoms with E-state index >= 15 is 0 Å². The maximum Gasteiger partial charge on any atom is 0.418 e. The highest BCUT2D eigenvalue weighted by atomic mass is 35.5. The van der Waals surface area contributed by atoms with Crippen LogP contribution in [-0.2, 0) is 6.18 Å². The van der Waals surface area contributed by atoms with Crippen LogP contribution in [0.25, 0.3) is 10.9 Å². The summed E-state index contributed by atoms with van der Waals surface area (Å²) in [5.74, 6) is 0. The second kappa shape index (κ2) is 6.71. The van der Waals surface area contributed by atoms with Crippen LogP contribution < -0.4 is 10.6 Å². The van der Waals surface area contributed by atoms with E-state index in [9.17, 15) is 13.2 Å². The molecule has 1 aromatic carbocycles. The lowest BCUT2D eigenvalue weighted by Gasteiger charge is -2.25. The number of piperidine rings is 1. The van der Waals surface area contributed by atoms with E-state index in [0.29, 0.717) is 11.1 Å². The molecule has 3 nitrogen and oxygen atoms in total. The number of pyridine rings is 1. The third kappa shape index (κ3) is 3.62. The summed E-state index contributed by atoms with van der Waals surface area (Å²) in [6, 6.07) is 6.42. The molecule has 1 aliphatic rings. The van der Waals surface area contributed by atoms with Gasteiger partial charge in [-0.25, -0.2) is 0 Å². The Morgan fingerprint density at radius 3 is 2.59 bits per heavy atom. The molecule has 0 unspecified atom stereocenters. The standard InChI is InChI=1S/C15H16F3N3.ClH/c16-15(17,18)13-9-12(21-11-3-6-19-7-4-11)8-10-2-1-5-20-14(10)13;/h1-2,5,8-9,11,19,21H,3-4,6-7H2;1H. The fourth-order valence-electron chi connectivity index (χ4n) is 2.69. The van der Waals surface area contributed by atoms with Crippen molar-refractivity contribution >= 4 is 29.0 Å². The predicted molar refractivity (Wildman–Crippen MR) is 83.5 cm³/mol. The second-order valence-corrected chi connectivity index (χ2v) is 5.27. The fourth-order valence-corrected chi connectivity index (χ4v) is 2.69. The zero-order chi connectivity index (χ0) is 14.9. The summed E-state index contributed by atoms with van der Waals surface area (Å²) in [4.78, 5) is 3.88. The van der Waals surface area contributed by atoms with Gasteiger partial charge < -0.3 is 10.6 Å². The molecule has 2 aromatic rings. The number of halogens is 4. The molecule has 1 aromatic heterocycles. The first-order valence-electron chi connectivity index (χ1n) is 6.97. The molecule has 22 heavy (non-hydrogen) atoms. The van der Waals surface area contributed by atoms with Gasteiger partial charge in [0.2, 0.25) is 0 Å². The molecular weight excluding hydrogens is 315 g/mol. The summed E-state index contributed by atoms with van der Waals surface area (Å²) in [7, 11) is 0. The molecule has 2 N–H and O–H groups in total. The van der Waals surface area contributed by atoms with Crippen LogP contribution in [0, 0.1) is 0 Å². The van der Waals surface area contributed by atoms with Crippen molar-refractivity contribution in [3.8, 4) is 0 Å². The Kier molecular flexibility index (Phi) is 5.13. The van der Waals surface area contributed by atoms with Gasteiger partial charge >= 0.3 is 6.18 Å². The van der Waals surface area contributed by atoms with Gasteiger partial charge in [-0.15, -0.1) is 12.4 Å². The normalized spacial score (nSPS) is 16.3. The van der Waals surface area contributed by atoms with Crippen LogP contribution in [0.15, 0.2) is 30.5 Å². The number of anilines is 1. The first kappa shape index (κ1) is 16.8. The number of benzene rings is 1. The molecule has 0 radical (unpaired) electrons. The van der Waals surface area contributed by atoms with Crippen molar-refractivity contribution < 1.29 is 13.2 Å². The van der Waals surface area contributed by atoms with Gasteiger partial charge in [0.15, 0.2) is 0 Å². The van der Waals surface area contributed by atoms with Crippen molar-refractivity contribution in [1.82, 2.24) is 10.3 Å². The highest BCUT2D eigenvalue weighted by molar-refractivity contribution is 5.86. The predicted octanol–water partition coefficient (Wildman–Crippen LogP) is 3.84. The number of rotatable bonds is 2. The lowest BCUT2D eigenvalue weighted by Crippen LogP contribution is -2.35. The van der Waals surface area contributed by atoms with E-state index in [1.807, 2.05) is 0 Å². The van der Waals surface area contributed by atoms with Crippen LogP contribution in [-0.4, -0.2) is 24.1 Å². The first-order valence-corrected chi connectivity index (χ1v) is 6.97. The number of fused-ring (bicyclic) bond motifs is 1. The fraction of sp³-hybridized carbons (Fsp3) is 0.400. The van der Waals surface area contributed by atoms with Crippen molar-refractivity contribution in [1.29, 1.82) is 0 Å². The lowest BCUT2D eigenvalue weighted by atomic mass is 10.0. The minimum absolute atomic E-state index is 0. The molecule has 0 amide bonds. The van der Waals surface area contributed by atoms with Gasteiger partial charge in [-0.05, 0) is 44.1 Å². The maximum atomic E-state index is 13.2. The summed E-state index contributed by atoms with van der Waals surface area (Å²) in [5.41, 5.74) is -0.173. The van der Waals surface area contributed by atoms with E-state index in [4.69, 9.17) is 0 Å². The van der Waals surface area contributed by atoms with Crippen molar-refractivity contribution in [3.63, 3.8) is 0 Å². The third-order valence-electron chi connectivity index (χ3n) is 3.72. The summed E-state index contributed by atoms with van der Waals surface area (Å²) in [6.07, 6.45) is -1.20. The van der Waals surface area contributed by atoms with E-state index < -0.39 is 11.7 Å². The first-order chi connectivity index (χ1) is 10.0. The Hall–Kier alpha value is -1.53. The number of aromatic nitrogens is 1. The SMILES string of the molecule is Cl.FC(F)(F)c1cc(NC2CCNCC2)cc2cccnc12. The Morgan fingerprint density at radius 1 is 1.18 bits per heavy atom. The average Bonchev–Trinajstić information content (AvgIpc) is 2.46. The van der Waals surface area contributed by atoms with Crippen molar-refractivity contribution in [2.45, 2.75) is 25.1 Å². The minimum Gasteiger partial charge on any atom is -0.382 e. The zero-order valence-electron chi connectivity index (χ0n) is 11.8. The molecule has 0 bridgehead atoms. The van der Waals surface area contributed by atoms with E-state index in [-0.39, 0.29) is 24.0 Å². The molecule has 0 atom stereocenters. The number of hydrogen-bond acceptors (Lipinski definition) is 3. The number of nitrogens with one attached hydrogen (secondary N) is 2. The van der Waals surface area contributed by atoms with E-state index in [0.717, 1.165) is 32.0 Å². The maximum absolute atomic E-state index is 13.2. The van der Waals surface area contributed by atoms with Gasteiger partial charge in [0.05, 0.1) is 11.1 Å². The third-order valence-corrected chi connectivity index (χ3v) is 3.72. The van der Waals surface area contributed by atoms with Gasteiger partial charge in [0, 0.05) is 23.3 Å². The lowest BCUT2D eigenvalue weighted by molar-refractivity contribution is -0.136. The highest BCUT2D eigenvalue weighted by Gasteiger charge is 2.34. The Morgan fingerprint density at radius 2 is 1.91 bits per heavy atom. The quantitative estimate of drug-likeness (QED) is 0.878. The molecule has 1 aliphatic heterocycles. The molecule has 3 rings (SSSR count). The van der Waals surface area contributed by atoms with E-state index in [1.54, 1.807) is 18.2 Å². The molecule has 0 saturated carbocycles. The summed E-state index contributed by atoms with van der Waals surface area (Å²) in [6.45, 7) is 1.78. The van der Waals surface area contributed by atoms with Crippen LogP contribution >= 0.6 is 12.4 Å². The topological polar surface area (TPSA) is 37.0 Å². The number of nitrogens with zero attached hydrogens (tertiary/aromatic N) is 1. The van der Waals surface area contributed by atoms with Crippen LogP contribution in [0.4, 0.5) is 18.9 Å². The van der Waals surface area contributed by atoms with Crippen molar-refractivity contribution in [2.75, 3.05) is 18.4 Å². The average molecular weight is 332 g/mol. The van der Waals surface area contributed by atoms with Gasteiger partial charge in [-0.2, -0.15) is 13.2 Å². The molecule has 0 spiro atoms. The monoisotopic (exact) mass is 331 g/mol. The van der Waals surface area contributed by atoms with Crippen molar-refractivity contribution in [2.24, 2.45) is 0 Å². The molecule has 7 heteroatoms. The molecular formula is C15H17ClF3N3. The van der Waals surface area contributed by atoms with Crippen LogP contribution in [0.2, 0.25) is 0 Å². The Balaban J connectivity index is 0.00000176. The van der Waals surface area contributed by atoms with E-state index in [2.05, 4.69) is 15.6 Å². The van der Waals surface area contributed by atoms with E-state index in [1.165, 1.54) is 6.20 Å². The molecule has 0 aliphatic carbocycles. The minimum atomic E-state index is -4.40. The van der Waals surface area contributed by atoms with Crippen LogP contribution in [0.5, 0.6) is 0 Å². The zero-order valence-corrected chi connectivity index (χ0v) is 12.6. The van der Waals surface area contributed by atoms with Crippen molar-refractivity contribution in [3.05, 3.63) is 36.0 Å². The summed E-state index contributed by atoms with van der Waals surface area (Å²) >= 11 is 0. The Bertz CT molecular complexity index is 639. The molecule has 120 valence electrons. The largest absolute Gasteiger partial charge is 0.418 e. The second-order valence-electron chi connectivity index (χ2n) is 5.27. The van der Waals surface area contributed by atoms with Crippen LogP contribution in [0.3, 0.4) is 0 Å². The van der Waals surface area contributed by atoms with Gasteiger partial charge in [0.1, 0.15) is 0 Å². The smallest absolute Gasteiger partial charge is 0.382 e. The van der Waals surface area contributed by atoms with Gasteiger partial charge in [-0.3, -0.25) is 4.98 Å². The molecule has 2 heterocycles. The summed E-state index contributed by atoms with van der Waals surface area (Å²) in [5, 5.41) is 6.96.